The fourth-order valence-electron chi connectivity index (χ4n) is 1.26. The van der Waals surface area contributed by atoms with Gasteiger partial charge < -0.3 is 21.1 Å². The highest BCUT2D eigenvalue weighted by Gasteiger charge is 2.27. The van der Waals surface area contributed by atoms with Crippen molar-refractivity contribution in [3.05, 3.63) is 30.3 Å². The van der Waals surface area contributed by atoms with Gasteiger partial charge in [-0.1, -0.05) is 18.2 Å². The lowest BCUT2D eigenvalue weighted by atomic mass is 10.3. The molecule has 0 saturated heterocycles. The van der Waals surface area contributed by atoms with Crippen LogP contribution in [0.25, 0.3) is 0 Å². The maximum atomic E-state index is 12.8. The van der Waals surface area contributed by atoms with Crippen molar-refractivity contribution in [3.8, 4) is 5.75 Å². The van der Waals surface area contributed by atoms with Crippen molar-refractivity contribution < 1.29 is 23.1 Å². The van der Waals surface area contributed by atoms with Crippen molar-refractivity contribution >= 4 is 11.8 Å². The molecule has 0 aliphatic rings. The third kappa shape index (κ3) is 7.21. The molecule has 0 atom stereocenters. The Hall–Kier alpha value is -2.22. The van der Waals surface area contributed by atoms with E-state index in [1.807, 2.05) is 5.32 Å². The SMILES string of the molecule is NCC(F)(F)CNC(=O)CNC(=O)COc1ccccc1. The van der Waals surface area contributed by atoms with Crippen molar-refractivity contribution in [2.75, 3.05) is 26.2 Å². The first kappa shape index (κ1) is 16.8. The van der Waals surface area contributed by atoms with Crippen molar-refractivity contribution in [2.45, 2.75) is 5.92 Å². The summed E-state index contributed by atoms with van der Waals surface area (Å²) in [5.74, 6) is -3.90. The van der Waals surface area contributed by atoms with Gasteiger partial charge in [-0.15, -0.1) is 0 Å². The second kappa shape index (κ2) is 8.15. The minimum absolute atomic E-state index is 0.268. The van der Waals surface area contributed by atoms with Crippen molar-refractivity contribution in [3.63, 3.8) is 0 Å². The number of nitrogens with one attached hydrogen (secondary N) is 2. The third-order valence-electron chi connectivity index (χ3n) is 2.40. The van der Waals surface area contributed by atoms with Crippen LogP contribution in [0.2, 0.25) is 0 Å². The lowest BCUT2D eigenvalue weighted by Crippen LogP contribution is -2.45. The summed E-state index contributed by atoms with van der Waals surface area (Å²) in [6, 6.07) is 8.65. The van der Waals surface area contributed by atoms with Gasteiger partial charge in [0.25, 0.3) is 11.8 Å². The lowest BCUT2D eigenvalue weighted by molar-refractivity contribution is -0.127. The smallest absolute Gasteiger partial charge is 0.277 e. The molecule has 0 fully saturated rings. The molecule has 0 aliphatic heterocycles. The average molecular weight is 301 g/mol. The largest absolute Gasteiger partial charge is 0.484 e. The molecule has 1 aromatic carbocycles. The molecule has 8 heteroatoms. The van der Waals surface area contributed by atoms with Gasteiger partial charge in [-0.3, -0.25) is 9.59 Å². The molecule has 0 bridgehead atoms. The minimum atomic E-state index is -3.16. The number of para-hydroxylation sites is 1. The number of hydrogen-bond donors (Lipinski definition) is 3. The third-order valence-corrected chi connectivity index (χ3v) is 2.40. The molecule has 0 saturated carbocycles. The van der Waals surface area contributed by atoms with Gasteiger partial charge in [0.05, 0.1) is 19.6 Å². The van der Waals surface area contributed by atoms with Crippen molar-refractivity contribution in [1.82, 2.24) is 10.6 Å². The van der Waals surface area contributed by atoms with Crippen LogP contribution >= 0.6 is 0 Å². The first-order valence-corrected chi connectivity index (χ1v) is 6.22. The second-order valence-corrected chi connectivity index (χ2v) is 4.22. The molecular formula is C13H17F2N3O3. The van der Waals surface area contributed by atoms with Gasteiger partial charge in [-0.25, -0.2) is 8.78 Å². The maximum absolute atomic E-state index is 12.8. The summed E-state index contributed by atoms with van der Waals surface area (Å²) in [4.78, 5) is 22.6. The molecule has 2 amide bonds. The van der Waals surface area contributed by atoms with E-state index in [2.05, 4.69) is 5.32 Å². The Morgan fingerprint density at radius 1 is 1.14 bits per heavy atom. The predicted octanol–water partition coefficient (Wildman–Crippen LogP) is -0.108. The van der Waals surface area contributed by atoms with E-state index < -0.39 is 37.4 Å². The number of alkyl halides is 2. The Bertz CT molecular complexity index is 469. The van der Waals surface area contributed by atoms with Crippen LogP contribution in [0.3, 0.4) is 0 Å². The van der Waals surface area contributed by atoms with Gasteiger partial charge in [0.2, 0.25) is 5.91 Å². The molecule has 1 rings (SSSR count). The summed E-state index contributed by atoms with van der Waals surface area (Å²) >= 11 is 0. The molecule has 0 aliphatic carbocycles. The van der Waals surface area contributed by atoms with E-state index in [-0.39, 0.29) is 6.61 Å². The van der Waals surface area contributed by atoms with Gasteiger partial charge in [-0.05, 0) is 12.1 Å². The molecule has 0 spiro atoms. The highest BCUT2D eigenvalue weighted by molar-refractivity contribution is 5.85. The Morgan fingerprint density at radius 3 is 2.43 bits per heavy atom. The van der Waals surface area contributed by atoms with E-state index in [0.29, 0.717) is 5.75 Å². The van der Waals surface area contributed by atoms with Crippen molar-refractivity contribution in [2.24, 2.45) is 5.73 Å². The van der Waals surface area contributed by atoms with Gasteiger partial charge in [0.15, 0.2) is 6.61 Å². The van der Waals surface area contributed by atoms with Crippen LogP contribution in [-0.2, 0) is 9.59 Å². The van der Waals surface area contributed by atoms with E-state index in [4.69, 9.17) is 10.5 Å². The molecule has 0 aromatic heterocycles. The first-order chi connectivity index (χ1) is 9.93. The molecular weight excluding hydrogens is 284 g/mol. The van der Waals surface area contributed by atoms with E-state index >= 15 is 0 Å². The lowest BCUT2D eigenvalue weighted by Gasteiger charge is -2.14. The van der Waals surface area contributed by atoms with Crippen LogP contribution in [0, 0.1) is 0 Å². The van der Waals surface area contributed by atoms with Crippen LogP contribution in [-0.4, -0.2) is 44.0 Å². The zero-order chi connectivity index (χ0) is 15.7. The molecule has 0 heterocycles. The van der Waals surface area contributed by atoms with Crippen LogP contribution < -0.4 is 21.1 Å². The Kier molecular flexibility index (Phi) is 6.54. The second-order valence-electron chi connectivity index (χ2n) is 4.22. The number of ether oxygens (including phenoxy) is 1. The summed E-state index contributed by atoms with van der Waals surface area (Å²) < 4.78 is 30.7. The first-order valence-electron chi connectivity index (χ1n) is 6.22. The zero-order valence-electron chi connectivity index (χ0n) is 11.3. The fourth-order valence-corrected chi connectivity index (χ4v) is 1.26. The van der Waals surface area contributed by atoms with Crippen LogP contribution in [0.15, 0.2) is 30.3 Å². The normalized spacial score (nSPS) is 10.8. The van der Waals surface area contributed by atoms with Crippen LogP contribution in [0.5, 0.6) is 5.75 Å². The van der Waals surface area contributed by atoms with Crippen molar-refractivity contribution in [1.29, 1.82) is 0 Å². The number of halogens is 2. The van der Waals surface area contributed by atoms with Gasteiger partial charge >= 0.3 is 0 Å². The molecule has 0 radical (unpaired) electrons. The summed E-state index contributed by atoms with van der Waals surface area (Å²) in [5, 5.41) is 4.23. The van der Waals surface area contributed by atoms with Crippen LogP contribution in [0.4, 0.5) is 8.78 Å². The number of nitrogens with two attached hydrogens (primary N) is 1. The predicted molar refractivity (Wildman–Crippen MR) is 72.0 cm³/mol. The molecule has 0 unspecified atom stereocenters. The molecule has 21 heavy (non-hydrogen) atoms. The maximum Gasteiger partial charge on any atom is 0.277 e. The highest BCUT2D eigenvalue weighted by atomic mass is 19.3. The van der Waals surface area contributed by atoms with E-state index in [1.54, 1.807) is 30.3 Å². The molecule has 6 nitrogen and oxygen atoms in total. The zero-order valence-corrected chi connectivity index (χ0v) is 11.3. The summed E-state index contributed by atoms with van der Waals surface area (Å²) in [6.45, 7) is -2.39. The van der Waals surface area contributed by atoms with E-state index in [0.717, 1.165) is 0 Å². The summed E-state index contributed by atoms with van der Waals surface area (Å²) in [7, 11) is 0. The molecule has 116 valence electrons. The fraction of sp³-hybridized carbons (Fsp3) is 0.385. The topological polar surface area (TPSA) is 93.5 Å². The quantitative estimate of drug-likeness (QED) is 0.624. The number of amides is 2. The highest BCUT2D eigenvalue weighted by Crippen LogP contribution is 2.08. The molecule has 1 aromatic rings. The summed E-state index contributed by atoms with van der Waals surface area (Å²) in [6.07, 6.45) is 0. The summed E-state index contributed by atoms with van der Waals surface area (Å²) in [5.41, 5.74) is 4.82. The Morgan fingerprint density at radius 2 is 1.81 bits per heavy atom. The van der Waals surface area contributed by atoms with Gasteiger partial charge in [-0.2, -0.15) is 0 Å². The number of benzene rings is 1. The van der Waals surface area contributed by atoms with E-state index in [9.17, 15) is 18.4 Å². The van der Waals surface area contributed by atoms with Crippen LogP contribution in [0.1, 0.15) is 0 Å². The van der Waals surface area contributed by atoms with E-state index in [1.165, 1.54) is 0 Å². The average Bonchev–Trinajstić information content (AvgIpc) is 2.50. The Balaban J connectivity index is 2.19. The number of hydrogen-bond acceptors (Lipinski definition) is 4. The van der Waals surface area contributed by atoms with Gasteiger partial charge in [0.1, 0.15) is 5.75 Å². The minimum Gasteiger partial charge on any atom is -0.484 e. The number of carbonyl (C=O) groups excluding carboxylic acids is 2. The van der Waals surface area contributed by atoms with Gasteiger partial charge in [0, 0.05) is 0 Å². The standard InChI is InChI=1S/C13H17F2N3O3/c14-13(15,8-16)9-18-11(19)6-17-12(20)7-21-10-4-2-1-3-5-10/h1-5H,6-9,16H2,(H,17,20)(H,18,19). The molecule has 4 N–H and O–H groups in total. The monoisotopic (exact) mass is 301 g/mol. The number of rotatable bonds is 8. The number of carbonyl (C=O) groups is 2. The Labute approximate surface area is 120 Å².